The van der Waals surface area contributed by atoms with Gasteiger partial charge >= 0.3 is 0 Å². The molecule has 2 aromatic heterocycles. The number of carbonyl (C=O) groups excluding carboxylic acids is 1. The minimum atomic E-state index is -0.441. The number of nitrogens with one attached hydrogen (secondary N) is 1. The molecule has 0 fully saturated rings. The number of fused-ring (bicyclic) bond motifs is 1. The Labute approximate surface area is 216 Å². The number of aryl methyl sites for hydroxylation is 1. The van der Waals surface area contributed by atoms with Gasteiger partial charge in [-0.15, -0.1) is 11.3 Å². The average molecular weight is 511 g/mol. The van der Waals surface area contributed by atoms with Crippen LogP contribution in [0.25, 0.3) is 32.6 Å². The zero-order valence-corrected chi connectivity index (χ0v) is 20.8. The van der Waals surface area contributed by atoms with Crippen molar-refractivity contribution in [3.63, 3.8) is 0 Å². The predicted molar refractivity (Wildman–Crippen MR) is 147 cm³/mol. The molecule has 0 aliphatic rings. The first-order valence-electron chi connectivity index (χ1n) is 11.3. The highest BCUT2D eigenvalue weighted by Gasteiger charge is 2.22. The van der Waals surface area contributed by atoms with Gasteiger partial charge in [0.2, 0.25) is 0 Å². The summed E-state index contributed by atoms with van der Waals surface area (Å²) < 4.78 is 5.26. The Bertz CT molecular complexity index is 1640. The largest absolute Gasteiger partial charge is 0.497 e. The van der Waals surface area contributed by atoms with Gasteiger partial charge < -0.3 is 15.8 Å². The summed E-state index contributed by atoms with van der Waals surface area (Å²) in [6.07, 6.45) is 0. The summed E-state index contributed by atoms with van der Waals surface area (Å²) in [5.41, 5.74) is 11.2. The highest BCUT2D eigenvalue weighted by atomic mass is 32.1. The molecule has 0 radical (unpaired) electrons. The van der Waals surface area contributed by atoms with Crippen molar-refractivity contribution < 1.29 is 14.5 Å². The molecule has 8 nitrogen and oxygen atoms in total. The molecular weight excluding hydrogens is 488 g/mol. The van der Waals surface area contributed by atoms with E-state index in [1.165, 1.54) is 23.5 Å². The number of carbonyl (C=O) groups is 1. The van der Waals surface area contributed by atoms with Crippen LogP contribution in [0.15, 0.2) is 78.9 Å². The summed E-state index contributed by atoms with van der Waals surface area (Å²) >= 11 is 1.18. The molecule has 2 heterocycles. The molecule has 0 aliphatic heterocycles. The highest BCUT2D eigenvalue weighted by Crippen LogP contribution is 2.42. The number of thiophene rings is 1. The Kier molecular flexibility index (Phi) is 6.29. The SMILES string of the molecule is COc1ccc(-c2cc(-c3cccc([N+](=O)[O-])c3)c3c(N)c(C(=O)Nc4ccc(C)cc4)sc3n2)cc1. The highest BCUT2D eigenvalue weighted by molar-refractivity contribution is 7.21. The quantitative estimate of drug-likeness (QED) is 0.194. The second-order valence-electron chi connectivity index (χ2n) is 8.44. The molecule has 0 saturated heterocycles. The van der Waals surface area contributed by atoms with Crippen molar-refractivity contribution in [1.29, 1.82) is 0 Å². The second-order valence-corrected chi connectivity index (χ2v) is 9.44. The molecule has 0 saturated carbocycles. The lowest BCUT2D eigenvalue weighted by atomic mass is 9.99. The molecule has 5 aromatic rings. The number of hydrogen-bond donors (Lipinski definition) is 2. The maximum Gasteiger partial charge on any atom is 0.270 e. The van der Waals surface area contributed by atoms with Crippen molar-refractivity contribution in [3.05, 3.63) is 99.4 Å². The lowest BCUT2D eigenvalue weighted by molar-refractivity contribution is -0.384. The van der Waals surface area contributed by atoms with Gasteiger partial charge in [0.15, 0.2) is 0 Å². The van der Waals surface area contributed by atoms with Crippen LogP contribution in [0.4, 0.5) is 17.1 Å². The van der Waals surface area contributed by atoms with Gasteiger partial charge in [-0.3, -0.25) is 14.9 Å². The standard InChI is InChI=1S/C28H22N4O4S/c1-16-6-10-19(11-7-16)30-27(33)26-25(29)24-22(18-4-3-5-20(14-18)32(34)35)15-23(31-28(24)37-26)17-8-12-21(36-2)13-9-17/h3-15H,29H2,1-2H3,(H,30,33). The van der Waals surface area contributed by atoms with E-state index >= 15 is 0 Å². The van der Waals surface area contributed by atoms with E-state index < -0.39 is 4.92 Å². The van der Waals surface area contributed by atoms with Crippen LogP contribution in [0, 0.1) is 17.0 Å². The number of rotatable bonds is 6. The molecule has 0 unspecified atom stereocenters. The molecular formula is C28H22N4O4S. The van der Waals surface area contributed by atoms with Crippen molar-refractivity contribution in [2.45, 2.75) is 6.92 Å². The van der Waals surface area contributed by atoms with E-state index in [2.05, 4.69) is 5.32 Å². The van der Waals surface area contributed by atoms with Crippen LogP contribution >= 0.6 is 11.3 Å². The lowest BCUT2D eigenvalue weighted by Crippen LogP contribution is -2.11. The average Bonchev–Trinajstić information content (AvgIpc) is 3.26. The summed E-state index contributed by atoms with van der Waals surface area (Å²) in [7, 11) is 1.59. The minimum Gasteiger partial charge on any atom is -0.497 e. The Hall–Kier alpha value is -4.76. The number of hydrogen-bond acceptors (Lipinski definition) is 7. The molecule has 3 aromatic carbocycles. The van der Waals surface area contributed by atoms with Gasteiger partial charge in [-0.05, 0) is 60.5 Å². The molecule has 3 N–H and O–H groups in total. The van der Waals surface area contributed by atoms with Crippen LogP contribution in [-0.2, 0) is 0 Å². The van der Waals surface area contributed by atoms with E-state index in [0.717, 1.165) is 11.1 Å². The monoisotopic (exact) mass is 510 g/mol. The molecule has 1 amide bonds. The summed E-state index contributed by atoms with van der Waals surface area (Å²) in [6.45, 7) is 1.97. The molecule has 5 rings (SSSR count). The number of anilines is 2. The number of ether oxygens (including phenoxy) is 1. The number of amides is 1. The van der Waals surface area contributed by atoms with Crippen LogP contribution in [-0.4, -0.2) is 22.9 Å². The zero-order valence-electron chi connectivity index (χ0n) is 20.0. The molecule has 0 aliphatic carbocycles. The van der Waals surface area contributed by atoms with Crippen LogP contribution in [0.3, 0.4) is 0 Å². The summed E-state index contributed by atoms with van der Waals surface area (Å²) in [5, 5.41) is 14.9. The molecule has 0 atom stereocenters. The topological polar surface area (TPSA) is 120 Å². The molecule has 184 valence electrons. The number of pyridine rings is 1. The minimum absolute atomic E-state index is 0.0420. The van der Waals surface area contributed by atoms with E-state index in [-0.39, 0.29) is 17.3 Å². The van der Waals surface area contributed by atoms with E-state index in [0.29, 0.717) is 43.4 Å². The van der Waals surface area contributed by atoms with Crippen molar-refractivity contribution in [2.75, 3.05) is 18.2 Å². The van der Waals surface area contributed by atoms with Gasteiger partial charge in [-0.2, -0.15) is 0 Å². The third-order valence-corrected chi connectivity index (χ3v) is 7.07. The predicted octanol–water partition coefficient (Wildman–Crippen LogP) is 6.69. The normalized spacial score (nSPS) is 10.9. The maximum absolute atomic E-state index is 13.2. The van der Waals surface area contributed by atoms with Crippen LogP contribution in [0.2, 0.25) is 0 Å². The van der Waals surface area contributed by atoms with Gasteiger partial charge in [-0.25, -0.2) is 4.98 Å². The summed E-state index contributed by atoms with van der Waals surface area (Å²) in [6, 6.07) is 23.1. The fourth-order valence-electron chi connectivity index (χ4n) is 4.04. The Morgan fingerprint density at radius 1 is 1.03 bits per heavy atom. The number of nitrogens with two attached hydrogens (primary N) is 1. The van der Waals surface area contributed by atoms with Crippen molar-refractivity contribution in [1.82, 2.24) is 4.98 Å². The smallest absolute Gasteiger partial charge is 0.270 e. The van der Waals surface area contributed by atoms with Crippen LogP contribution in [0.1, 0.15) is 15.2 Å². The van der Waals surface area contributed by atoms with E-state index in [4.69, 9.17) is 15.5 Å². The maximum atomic E-state index is 13.2. The van der Waals surface area contributed by atoms with Crippen LogP contribution in [0.5, 0.6) is 5.75 Å². The van der Waals surface area contributed by atoms with Crippen molar-refractivity contribution >= 4 is 44.5 Å². The number of methoxy groups -OCH3 is 1. The van der Waals surface area contributed by atoms with Gasteiger partial charge in [0.05, 0.1) is 23.4 Å². The van der Waals surface area contributed by atoms with E-state index in [1.807, 2.05) is 61.5 Å². The fraction of sp³-hybridized carbons (Fsp3) is 0.0714. The molecule has 9 heteroatoms. The first kappa shape index (κ1) is 24.0. The van der Waals surface area contributed by atoms with E-state index in [1.54, 1.807) is 19.2 Å². The number of benzene rings is 3. The van der Waals surface area contributed by atoms with Gasteiger partial charge in [0, 0.05) is 28.8 Å². The van der Waals surface area contributed by atoms with Gasteiger partial charge in [0.1, 0.15) is 15.5 Å². The number of non-ortho nitro benzene ring substituents is 1. The van der Waals surface area contributed by atoms with Gasteiger partial charge in [0.25, 0.3) is 11.6 Å². The number of nitro benzene ring substituents is 1. The fourth-order valence-corrected chi connectivity index (χ4v) is 5.05. The second kappa shape index (κ2) is 9.71. The molecule has 0 spiro atoms. The van der Waals surface area contributed by atoms with Gasteiger partial charge in [-0.1, -0.05) is 29.8 Å². The number of nitrogen functional groups attached to an aromatic ring is 1. The lowest BCUT2D eigenvalue weighted by Gasteiger charge is -2.09. The third kappa shape index (κ3) is 4.72. The number of aromatic nitrogens is 1. The number of nitro groups is 1. The zero-order chi connectivity index (χ0) is 26.1. The summed E-state index contributed by atoms with van der Waals surface area (Å²) in [5.74, 6) is 0.361. The molecule has 0 bridgehead atoms. The number of nitrogens with zero attached hydrogens (tertiary/aromatic N) is 2. The van der Waals surface area contributed by atoms with Crippen molar-refractivity contribution in [3.8, 4) is 28.1 Å². The Morgan fingerprint density at radius 2 is 1.76 bits per heavy atom. The van der Waals surface area contributed by atoms with Crippen LogP contribution < -0.4 is 15.8 Å². The third-order valence-electron chi connectivity index (χ3n) is 5.97. The Balaban J connectivity index is 1.68. The molecule has 37 heavy (non-hydrogen) atoms. The first-order chi connectivity index (χ1) is 17.8. The first-order valence-corrected chi connectivity index (χ1v) is 12.2. The van der Waals surface area contributed by atoms with E-state index in [9.17, 15) is 14.9 Å². The summed E-state index contributed by atoms with van der Waals surface area (Å²) in [4.78, 5) is 29.9. The van der Waals surface area contributed by atoms with Crippen molar-refractivity contribution in [2.24, 2.45) is 0 Å². The Morgan fingerprint density at radius 3 is 2.43 bits per heavy atom.